The van der Waals surface area contributed by atoms with E-state index < -0.39 is 6.04 Å². The molecule has 8 heteroatoms. The standard InChI is InChI=1S/C21H21N5O3/c1-15(26-12-6-11-23-26)20(28)25-18-10-5-9-17(13-18)24-19(27)14-22-21(29)16-7-3-2-4-8-16/h2-13,15H,14H2,1H3,(H,22,29)(H,24,27)(H,25,28). The van der Waals surface area contributed by atoms with Crippen molar-refractivity contribution >= 4 is 29.1 Å². The number of hydrogen-bond acceptors (Lipinski definition) is 4. The third kappa shape index (κ3) is 5.52. The summed E-state index contributed by atoms with van der Waals surface area (Å²) in [5.41, 5.74) is 1.53. The second-order valence-electron chi connectivity index (χ2n) is 6.33. The van der Waals surface area contributed by atoms with E-state index in [0.717, 1.165) is 0 Å². The number of nitrogens with zero attached hydrogens (tertiary/aromatic N) is 2. The van der Waals surface area contributed by atoms with E-state index in [1.807, 2.05) is 6.07 Å². The second kappa shape index (κ2) is 9.32. The van der Waals surface area contributed by atoms with Crippen molar-refractivity contribution in [2.45, 2.75) is 13.0 Å². The van der Waals surface area contributed by atoms with Gasteiger partial charge in [-0.1, -0.05) is 24.3 Å². The van der Waals surface area contributed by atoms with Gasteiger partial charge in [-0.2, -0.15) is 5.10 Å². The van der Waals surface area contributed by atoms with Crippen LogP contribution in [0.3, 0.4) is 0 Å². The minimum atomic E-state index is -0.476. The molecule has 0 aliphatic carbocycles. The van der Waals surface area contributed by atoms with Gasteiger partial charge in [-0.3, -0.25) is 19.1 Å². The van der Waals surface area contributed by atoms with Crippen molar-refractivity contribution in [3.05, 3.63) is 78.6 Å². The summed E-state index contributed by atoms with van der Waals surface area (Å²) in [7, 11) is 0. The lowest BCUT2D eigenvalue weighted by Gasteiger charge is -2.13. The summed E-state index contributed by atoms with van der Waals surface area (Å²) in [6, 6.07) is 16.7. The van der Waals surface area contributed by atoms with Gasteiger partial charge in [-0.15, -0.1) is 0 Å². The fourth-order valence-corrected chi connectivity index (χ4v) is 2.61. The normalized spacial score (nSPS) is 11.3. The molecule has 0 fully saturated rings. The van der Waals surface area contributed by atoms with Crippen LogP contribution in [0, 0.1) is 0 Å². The summed E-state index contributed by atoms with van der Waals surface area (Å²) in [4.78, 5) is 36.5. The van der Waals surface area contributed by atoms with E-state index in [4.69, 9.17) is 0 Å². The van der Waals surface area contributed by atoms with Gasteiger partial charge in [0.05, 0.1) is 6.54 Å². The zero-order chi connectivity index (χ0) is 20.6. The summed E-state index contributed by atoms with van der Waals surface area (Å²) in [6.07, 6.45) is 3.32. The molecule has 1 atom stereocenters. The summed E-state index contributed by atoms with van der Waals surface area (Å²) in [5.74, 6) is -0.927. The topological polar surface area (TPSA) is 105 Å². The molecule has 3 rings (SSSR count). The van der Waals surface area contributed by atoms with Crippen molar-refractivity contribution in [3.63, 3.8) is 0 Å². The molecule has 1 heterocycles. The molecular weight excluding hydrogens is 370 g/mol. The molecule has 3 amide bonds. The van der Waals surface area contributed by atoms with Crippen LogP contribution in [-0.4, -0.2) is 34.0 Å². The number of hydrogen-bond donors (Lipinski definition) is 3. The summed E-state index contributed by atoms with van der Waals surface area (Å²) in [6.45, 7) is 1.57. The van der Waals surface area contributed by atoms with Crippen LogP contribution in [-0.2, 0) is 9.59 Å². The molecule has 0 radical (unpaired) electrons. The molecule has 29 heavy (non-hydrogen) atoms. The fraction of sp³-hybridized carbons (Fsp3) is 0.143. The Kier molecular flexibility index (Phi) is 6.36. The minimum absolute atomic E-state index is 0.166. The zero-order valence-electron chi connectivity index (χ0n) is 15.8. The SMILES string of the molecule is CC(C(=O)Nc1cccc(NC(=O)CNC(=O)c2ccccc2)c1)n1cccn1. The lowest BCUT2D eigenvalue weighted by Crippen LogP contribution is -2.32. The predicted octanol–water partition coefficient (Wildman–Crippen LogP) is 2.45. The number of carbonyl (C=O) groups is 3. The number of aromatic nitrogens is 2. The largest absolute Gasteiger partial charge is 0.343 e. The number of carbonyl (C=O) groups excluding carboxylic acids is 3. The molecule has 0 bridgehead atoms. The first kappa shape index (κ1) is 19.8. The lowest BCUT2D eigenvalue weighted by molar-refractivity contribution is -0.119. The highest BCUT2D eigenvalue weighted by Crippen LogP contribution is 2.17. The van der Waals surface area contributed by atoms with Crippen molar-refractivity contribution in [1.29, 1.82) is 0 Å². The molecule has 0 saturated carbocycles. The maximum atomic E-state index is 12.3. The molecule has 3 N–H and O–H groups in total. The third-order valence-corrected chi connectivity index (χ3v) is 4.16. The summed E-state index contributed by atoms with van der Waals surface area (Å²) in [5, 5.41) is 12.1. The van der Waals surface area contributed by atoms with Crippen LogP contribution in [0.25, 0.3) is 0 Å². The van der Waals surface area contributed by atoms with Gasteiger partial charge in [0.15, 0.2) is 0 Å². The molecule has 3 aromatic rings. The number of anilines is 2. The first-order chi connectivity index (χ1) is 14.0. The van der Waals surface area contributed by atoms with Gasteiger partial charge >= 0.3 is 0 Å². The average molecular weight is 391 g/mol. The van der Waals surface area contributed by atoms with Gasteiger partial charge in [0.1, 0.15) is 6.04 Å². The van der Waals surface area contributed by atoms with Crippen LogP contribution in [0.1, 0.15) is 23.3 Å². The molecule has 0 aliphatic heterocycles. The Morgan fingerprint density at radius 3 is 2.38 bits per heavy atom. The molecule has 148 valence electrons. The zero-order valence-corrected chi connectivity index (χ0v) is 15.8. The van der Waals surface area contributed by atoms with E-state index in [1.54, 1.807) is 78.6 Å². The minimum Gasteiger partial charge on any atom is -0.343 e. The molecule has 0 saturated heterocycles. The van der Waals surface area contributed by atoms with Gasteiger partial charge < -0.3 is 16.0 Å². The maximum Gasteiger partial charge on any atom is 0.251 e. The Bertz CT molecular complexity index is 987. The first-order valence-electron chi connectivity index (χ1n) is 9.06. The van der Waals surface area contributed by atoms with Gasteiger partial charge in [0.25, 0.3) is 5.91 Å². The Balaban J connectivity index is 1.53. The Hall–Kier alpha value is -3.94. The average Bonchev–Trinajstić information content (AvgIpc) is 3.27. The first-order valence-corrected chi connectivity index (χ1v) is 9.06. The highest BCUT2D eigenvalue weighted by atomic mass is 16.2. The van der Waals surface area contributed by atoms with Crippen LogP contribution in [0.4, 0.5) is 11.4 Å². The molecule has 1 aromatic heterocycles. The van der Waals surface area contributed by atoms with Gasteiger partial charge in [-0.25, -0.2) is 0 Å². The summed E-state index contributed by atoms with van der Waals surface area (Å²) < 4.78 is 1.55. The molecule has 0 spiro atoms. The summed E-state index contributed by atoms with van der Waals surface area (Å²) >= 11 is 0. The van der Waals surface area contributed by atoms with Crippen LogP contribution in [0.2, 0.25) is 0 Å². The van der Waals surface area contributed by atoms with E-state index in [0.29, 0.717) is 16.9 Å². The van der Waals surface area contributed by atoms with Crippen LogP contribution in [0.5, 0.6) is 0 Å². The van der Waals surface area contributed by atoms with Gasteiger partial charge in [-0.05, 0) is 43.3 Å². The van der Waals surface area contributed by atoms with E-state index >= 15 is 0 Å². The van der Waals surface area contributed by atoms with Gasteiger partial charge in [0, 0.05) is 29.3 Å². The van der Waals surface area contributed by atoms with Crippen molar-refractivity contribution in [2.75, 3.05) is 17.2 Å². The Morgan fingerprint density at radius 2 is 1.69 bits per heavy atom. The fourth-order valence-electron chi connectivity index (χ4n) is 2.61. The second-order valence-corrected chi connectivity index (χ2v) is 6.33. The lowest BCUT2D eigenvalue weighted by atomic mass is 10.2. The van der Waals surface area contributed by atoms with Crippen molar-refractivity contribution < 1.29 is 14.4 Å². The smallest absolute Gasteiger partial charge is 0.251 e. The maximum absolute atomic E-state index is 12.3. The predicted molar refractivity (Wildman–Crippen MR) is 109 cm³/mol. The molecule has 8 nitrogen and oxygen atoms in total. The van der Waals surface area contributed by atoms with E-state index in [1.165, 1.54) is 0 Å². The number of rotatable bonds is 7. The highest BCUT2D eigenvalue weighted by molar-refractivity contribution is 6.00. The number of amides is 3. The van der Waals surface area contributed by atoms with Gasteiger partial charge in [0.2, 0.25) is 11.8 Å². The Labute approximate surface area is 167 Å². The quantitative estimate of drug-likeness (QED) is 0.575. The number of benzene rings is 2. The van der Waals surface area contributed by atoms with E-state index in [2.05, 4.69) is 21.0 Å². The van der Waals surface area contributed by atoms with Crippen LogP contribution < -0.4 is 16.0 Å². The van der Waals surface area contributed by atoms with Crippen molar-refractivity contribution in [2.24, 2.45) is 0 Å². The monoisotopic (exact) mass is 391 g/mol. The van der Waals surface area contributed by atoms with Crippen molar-refractivity contribution in [3.8, 4) is 0 Å². The van der Waals surface area contributed by atoms with E-state index in [9.17, 15) is 14.4 Å². The van der Waals surface area contributed by atoms with E-state index in [-0.39, 0.29) is 24.3 Å². The molecule has 0 aliphatic rings. The highest BCUT2D eigenvalue weighted by Gasteiger charge is 2.15. The molecule has 2 aromatic carbocycles. The third-order valence-electron chi connectivity index (χ3n) is 4.16. The molecular formula is C21H21N5O3. The number of nitrogens with one attached hydrogen (secondary N) is 3. The van der Waals surface area contributed by atoms with Crippen molar-refractivity contribution in [1.82, 2.24) is 15.1 Å². The molecule has 1 unspecified atom stereocenters. The Morgan fingerprint density at radius 1 is 0.966 bits per heavy atom. The van der Waals surface area contributed by atoms with Crippen LogP contribution in [0.15, 0.2) is 73.1 Å². The van der Waals surface area contributed by atoms with Crippen LogP contribution >= 0.6 is 0 Å².